The minimum Gasteiger partial charge on any atom is -0.496 e. The minimum absolute atomic E-state index is 0.0916. The zero-order valence-corrected chi connectivity index (χ0v) is 13.0. The lowest BCUT2D eigenvalue weighted by atomic mass is 10.1. The summed E-state index contributed by atoms with van der Waals surface area (Å²) < 4.78 is 18.0. The molecule has 1 aliphatic heterocycles. The van der Waals surface area contributed by atoms with E-state index in [1.807, 2.05) is 18.3 Å². The molecule has 0 amide bonds. The summed E-state index contributed by atoms with van der Waals surface area (Å²) in [6.45, 7) is 1.29. The Kier molecular flexibility index (Phi) is 4.29. The fourth-order valence-corrected chi connectivity index (χ4v) is 3.11. The third-order valence-corrected chi connectivity index (χ3v) is 4.26. The highest BCUT2D eigenvalue weighted by molar-refractivity contribution is 9.10. The number of ether oxygens (including phenoxy) is 3. The molecule has 1 aliphatic rings. The van der Waals surface area contributed by atoms with Gasteiger partial charge in [0.15, 0.2) is 6.29 Å². The number of aromatic nitrogens is 1. The van der Waals surface area contributed by atoms with Crippen LogP contribution < -0.4 is 4.74 Å². The average molecular weight is 340 g/mol. The molecule has 0 bridgehead atoms. The lowest BCUT2D eigenvalue weighted by Gasteiger charge is -2.23. The molecule has 1 N–H and O–H groups in total. The molecular weight excluding hydrogens is 322 g/mol. The topological polar surface area (TPSA) is 43.5 Å². The first-order chi connectivity index (χ1) is 9.79. The van der Waals surface area contributed by atoms with Gasteiger partial charge in [-0.15, -0.1) is 0 Å². The normalized spacial score (nSPS) is 19.4. The van der Waals surface area contributed by atoms with Crippen molar-refractivity contribution >= 4 is 26.8 Å². The number of benzene rings is 1. The maximum atomic E-state index is 5.90. The first-order valence-electron chi connectivity index (χ1n) is 6.85. The van der Waals surface area contributed by atoms with Crippen molar-refractivity contribution in [3.8, 4) is 5.75 Å². The molecule has 2 heterocycles. The van der Waals surface area contributed by atoms with Crippen molar-refractivity contribution in [2.24, 2.45) is 0 Å². The van der Waals surface area contributed by atoms with Crippen molar-refractivity contribution in [1.29, 1.82) is 0 Å². The Morgan fingerprint density at radius 2 is 2.35 bits per heavy atom. The fourth-order valence-electron chi connectivity index (χ4n) is 2.58. The number of aromatic amines is 1. The summed E-state index contributed by atoms with van der Waals surface area (Å²) in [5.41, 5.74) is 2.12. The Hall–Kier alpha value is -1.04. The number of hydrogen-bond donors (Lipinski definition) is 1. The molecule has 3 rings (SSSR count). The molecule has 0 aliphatic carbocycles. The van der Waals surface area contributed by atoms with E-state index >= 15 is 0 Å². The molecule has 0 saturated carbocycles. The monoisotopic (exact) mass is 339 g/mol. The van der Waals surface area contributed by atoms with Crippen molar-refractivity contribution in [2.45, 2.75) is 32.2 Å². The SMILES string of the molecule is COc1cc(Br)c2[nH]ccc2c1COC1CCCCO1. The first kappa shape index (κ1) is 13.9. The first-order valence-corrected chi connectivity index (χ1v) is 7.64. The molecule has 1 atom stereocenters. The van der Waals surface area contributed by atoms with Crippen LogP contribution in [0, 0.1) is 0 Å². The van der Waals surface area contributed by atoms with Crippen LogP contribution in [0.1, 0.15) is 24.8 Å². The maximum Gasteiger partial charge on any atom is 0.158 e. The highest BCUT2D eigenvalue weighted by atomic mass is 79.9. The Morgan fingerprint density at radius 1 is 1.45 bits per heavy atom. The molecule has 2 aromatic rings. The molecule has 1 aromatic carbocycles. The summed E-state index contributed by atoms with van der Waals surface area (Å²) in [7, 11) is 1.68. The molecule has 5 heteroatoms. The van der Waals surface area contributed by atoms with Gasteiger partial charge >= 0.3 is 0 Å². The number of H-pyrrole nitrogens is 1. The van der Waals surface area contributed by atoms with Crippen molar-refractivity contribution in [1.82, 2.24) is 4.98 Å². The highest BCUT2D eigenvalue weighted by Crippen LogP contribution is 2.34. The summed E-state index contributed by atoms with van der Waals surface area (Å²) in [6, 6.07) is 4.02. The Morgan fingerprint density at radius 3 is 3.10 bits per heavy atom. The van der Waals surface area contributed by atoms with Gasteiger partial charge in [0, 0.05) is 28.2 Å². The van der Waals surface area contributed by atoms with E-state index < -0.39 is 0 Å². The van der Waals surface area contributed by atoms with Gasteiger partial charge in [-0.25, -0.2) is 0 Å². The van der Waals surface area contributed by atoms with Gasteiger partial charge in [0.2, 0.25) is 0 Å². The second-order valence-electron chi connectivity index (χ2n) is 4.91. The Labute approximate surface area is 126 Å². The van der Waals surface area contributed by atoms with Gasteiger partial charge < -0.3 is 19.2 Å². The van der Waals surface area contributed by atoms with E-state index in [-0.39, 0.29) is 6.29 Å². The van der Waals surface area contributed by atoms with E-state index in [1.165, 1.54) is 6.42 Å². The Bertz CT molecular complexity index is 590. The van der Waals surface area contributed by atoms with Crippen LogP contribution in [-0.4, -0.2) is 25.0 Å². The number of fused-ring (bicyclic) bond motifs is 1. The van der Waals surface area contributed by atoms with Crippen molar-refractivity contribution < 1.29 is 14.2 Å². The minimum atomic E-state index is -0.0916. The van der Waals surface area contributed by atoms with E-state index in [1.54, 1.807) is 7.11 Å². The van der Waals surface area contributed by atoms with E-state index in [2.05, 4.69) is 20.9 Å². The van der Waals surface area contributed by atoms with Crippen LogP contribution in [0.4, 0.5) is 0 Å². The molecule has 0 radical (unpaired) electrons. The van der Waals surface area contributed by atoms with Crippen LogP contribution in [0.3, 0.4) is 0 Å². The average Bonchev–Trinajstić information content (AvgIpc) is 2.97. The lowest BCUT2D eigenvalue weighted by Crippen LogP contribution is -2.22. The number of hydrogen-bond acceptors (Lipinski definition) is 3. The van der Waals surface area contributed by atoms with Crippen LogP contribution in [0.25, 0.3) is 10.9 Å². The zero-order chi connectivity index (χ0) is 13.9. The molecule has 1 saturated heterocycles. The third-order valence-electron chi connectivity index (χ3n) is 3.64. The van der Waals surface area contributed by atoms with Crippen LogP contribution in [-0.2, 0) is 16.1 Å². The van der Waals surface area contributed by atoms with Gasteiger partial charge in [0.1, 0.15) is 5.75 Å². The Balaban J connectivity index is 1.85. The molecule has 4 nitrogen and oxygen atoms in total. The van der Waals surface area contributed by atoms with Gasteiger partial charge in [-0.05, 0) is 47.3 Å². The van der Waals surface area contributed by atoms with Crippen LogP contribution in [0.2, 0.25) is 0 Å². The number of nitrogens with one attached hydrogen (secondary N) is 1. The second kappa shape index (κ2) is 6.16. The number of halogens is 1. The largest absolute Gasteiger partial charge is 0.496 e. The smallest absolute Gasteiger partial charge is 0.158 e. The van der Waals surface area contributed by atoms with Gasteiger partial charge in [-0.1, -0.05) is 0 Å². The predicted molar refractivity (Wildman–Crippen MR) is 80.9 cm³/mol. The van der Waals surface area contributed by atoms with Crippen molar-refractivity contribution in [2.75, 3.05) is 13.7 Å². The molecule has 0 spiro atoms. The van der Waals surface area contributed by atoms with E-state index in [9.17, 15) is 0 Å². The highest BCUT2D eigenvalue weighted by Gasteiger charge is 2.17. The summed E-state index contributed by atoms with van der Waals surface area (Å²) in [5, 5.41) is 1.12. The number of methoxy groups -OCH3 is 1. The van der Waals surface area contributed by atoms with Gasteiger partial charge in [-0.3, -0.25) is 0 Å². The quantitative estimate of drug-likeness (QED) is 0.915. The summed E-state index contributed by atoms with van der Waals surface area (Å²) in [4.78, 5) is 3.23. The third kappa shape index (κ3) is 2.71. The van der Waals surface area contributed by atoms with Crippen LogP contribution in [0.5, 0.6) is 5.75 Å². The molecule has 1 aromatic heterocycles. The fraction of sp³-hybridized carbons (Fsp3) is 0.467. The standard InChI is InChI=1S/C15H18BrNO3/c1-18-13-8-12(16)15-10(5-6-17-15)11(13)9-20-14-4-2-3-7-19-14/h5-6,8,14,17H,2-4,7,9H2,1H3. The molecular formula is C15H18BrNO3. The number of rotatable bonds is 4. The molecule has 1 fully saturated rings. The van der Waals surface area contributed by atoms with Crippen molar-refractivity contribution in [3.63, 3.8) is 0 Å². The van der Waals surface area contributed by atoms with Gasteiger partial charge in [0.25, 0.3) is 0 Å². The summed E-state index contributed by atoms with van der Waals surface area (Å²) in [6.07, 6.45) is 5.10. The van der Waals surface area contributed by atoms with E-state index in [0.717, 1.165) is 46.1 Å². The van der Waals surface area contributed by atoms with Crippen molar-refractivity contribution in [3.05, 3.63) is 28.4 Å². The van der Waals surface area contributed by atoms with Crippen LogP contribution in [0.15, 0.2) is 22.8 Å². The zero-order valence-electron chi connectivity index (χ0n) is 11.4. The molecule has 1 unspecified atom stereocenters. The molecule has 20 heavy (non-hydrogen) atoms. The lowest BCUT2D eigenvalue weighted by molar-refractivity contribution is -0.168. The second-order valence-corrected chi connectivity index (χ2v) is 5.77. The van der Waals surface area contributed by atoms with Gasteiger partial charge in [-0.2, -0.15) is 0 Å². The van der Waals surface area contributed by atoms with Crippen LogP contribution >= 0.6 is 15.9 Å². The summed E-state index contributed by atoms with van der Waals surface area (Å²) >= 11 is 3.55. The van der Waals surface area contributed by atoms with E-state index in [4.69, 9.17) is 14.2 Å². The summed E-state index contributed by atoms with van der Waals surface area (Å²) in [5.74, 6) is 0.833. The van der Waals surface area contributed by atoms with E-state index in [0.29, 0.717) is 6.61 Å². The van der Waals surface area contributed by atoms with Gasteiger partial charge in [0.05, 0.1) is 19.2 Å². The molecule has 108 valence electrons. The predicted octanol–water partition coefficient (Wildman–Crippen LogP) is 3.98. The maximum absolute atomic E-state index is 5.90.